The highest BCUT2D eigenvalue weighted by Crippen LogP contribution is 2.16. The largest absolute Gasteiger partial charge is 0.326 e. The molecule has 0 atom stereocenters. The van der Waals surface area contributed by atoms with Crippen LogP contribution in [0, 0.1) is 0 Å². The Kier molecular flexibility index (Phi) is 4.75. The van der Waals surface area contributed by atoms with Crippen LogP contribution in [0.5, 0.6) is 0 Å². The minimum absolute atomic E-state index is 0.633. The fourth-order valence-corrected chi connectivity index (χ4v) is 2.63. The summed E-state index contributed by atoms with van der Waals surface area (Å²) < 4.78 is 0. The first-order valence-electron chi connectivity index (χ1n) is 6.85. The van der Waals surface area contributed by atoms with E-state index in [9.17, 15) is 0 Å². The molecule has 3 nitrogen and oxygen atoms in total. The van der Waals surface area contributed by atoms with Gasteiger partial charge in [-0.05, 0) is 51.2 Å². The van der Waals surface area contributed by atoms with E-state index in [2.05, 4.69) is 48.2 Å². The van der Waals surface area contributed by atoms with E-state index >= 15 is 0 Å². The average molecular weight is 247 g/mol. The van der Waals surface area contributed by atoms with Gasteiger partial charge in [0.1, 0.15) is 0 Å². The first-order chi connectivity index (χ1) is 8.69. The van der Waals surface area contributed by atoms with Gasteiger partial charge in [-0.2, -0.15) is 0 Å². The molecule has 2 rings (SSSR count). The van der Waals surface area contributed by atoms with Crippen LogP contribution in [0.3, 0.4) is 0 Å². The molecule has 1 heterocycles. The summed E-state index contributed by atoms with van der Waals surface area (Å²) in [5.74, 6) is 0. The first-order valence-corrected chi connectivity index (χ1v) is 6.85. The zero-order valence-electron chi connectivity index (χ0n) is 11.6. The van der Waals surface area contributed by atoms with Crippen molar-refractivity contribution < 1.29 is 0 Å². The van der Waals surface area contributed by atoms with Crippen molar-refractivity contribution in [3.8, 4) is 0 Å². The molecule has 0 radical (unpaired) electrons. The molecular weight excluding hydrogens is 222 g/mol. The van der Waals surface area contributed by atoms with Crippen molar-refractivity contribution in [1.29, 1.82) is 0 Å². The van der Waals surface area contributed by atoms with Crippen LogP contribution < -0.4 is 5.73 Å². The molecule has 1 fully saturated rings. The van der Waals surface area contributed by atoms with E-state index in [1.165, 1.54) is 37.1 Å². The number of rotatable bonds is 4. The van der Waals surface area contributed by atoms with E-state index in [4.69, 9.17) is 5.73 Å². The third-order valence-corrected chi connectivity index (χ3v) is 3.95. The summed E-state index contributed by atoms with van der Waals surface area (Å²) in [4.78, 5) is 4.91. The van der Waals surface area contributed by atoms with Crippen molar-refractivity contribution in [2.24, 2.45) is 5.73 Å². The standard InChI is InChI=1S/C15H25N3/c1-17(2)15-7-9-18(10-8-15)12-14-5-3-13(11-16)4-6-14/h3-6,15H,7-12,16H2,1-2H3. The Morgan fingerprint density at radius 1 is 1.11 bits per heavy atom. The van der Waals surface area contributed by atoms with Crippen LogP contribution in [0.4, 0.5) is 0 Å². The highest BCUT2D eigenvalue weighted by Gasteiger charge is 2.20. The second-order valence-electron chi connectivity index (χ2n) is 5.49. The molecule has 1 aliphatic rings. The van der Waals surface area contributed by atoms with Crippen molar-refractivity contribution in [3.63, 3.8) is 0 Å². The summed E-state index contributed by atoms with van der Waals surface area (Å²) in [6, 6.07) is 9.46. The molecular formula is C15H25N3. The maximum absolute atomic E-state index is 5.61. The van der Waals surface area contributed by atoms with Crippen molar-refractivity contribution in [3.05, 3.63) is 35.4 Å². The van der Waals surface area contributed by atoms with E-state index in [0.717, 1.165) is 12.6 Å². The van der Waals surface area contributed by atoms with Crippen molar-refractivity contribution >= 4 is 0 Å². The maximum atomic E-state index is 5.61. The molecule has 0 aromatic heterocycles. The molecule has 0 spiro atoms. The van der Waals surface area contributed by atoms with Crippen LogP contribution >= 0.6 is 0 Å². The summed E-state index contributed by atoms with van der Waals surface area (Å²) in [7, 11) is 4.37. The van der Waals surface area contributed by atoms with Gasteiger partial charge in [0.25, 0.3) is 0 Å². The second kappa shape index (κ2) is 6.32. The topological polar surface area (TPSA) is 32.5 Å². The summed E-state index contributed by atoms with van der Waals surface area (Å²) in [6.07, 6.45) is 2.57. The number of nitrogens with two attached hydrogens (primary N) is 1. The predicted molar refractivity (Wildman–Crippen MR) is 76.3 cm³/mol. The van der Waals surface area contributed by atoms with Crippen molar-refractivity contribution in [2.75, 3.05) is 27.2 Å². The zero-order chi connectivity index (χ0) is 13.0. The van der Waals surface area contributed by atoms with Crippen LogP contribution in [-0.2, 0) is 13.1 Å². The van der Waals surface area contributed by atoms with Crippen molar-refractivity contribution in [1.82, 2.24) is 9.80 Å². The van der Waals surface area contributed by atoms with Gasteiger partial charge in [-0.1, -0.05) is 24.3 Å². The molecule has 2 N–H and O–H groups in total. The van der Waals surface area contributed by atoms with Gasteiger partial charge < -0.3 is 10.6 Å². The Balaban J connectivity index is 1.83. The van der Waals surface area contributed by atoms with Crippen LogP contribution in [0.15, 0.2) is 24.3 Å². The van der Waals surface area contributed by atoms with Crippen LogP contribution in [0.2, 0.25) is 0 Å². The Hall–Kier alpha value is -0.900. The Morgan fingerprint density at radius 2 is 1.67 bits per heavy atom. The van der Waals surface area contributed by atoms with Gasteiger partial charge in [-0.3, -0.25) is 4.90 Å². The van der Waals surface area contributed by atoms with Gasteiger partial charge in [0.15, 0.2) is 0 Å². The summed E-state index contributed by atoms with van der Waals surface area (Å²) >= 11 is 0. The minimum Gasteiger partial charge on any atom is -0.326 e. The Bertz CT molecular complexity index is 351. The lowest BCUT2D eigenvalue weighted by atomic mass is 10.0. The molecule has 0 bridgehead atoms. The molecule has 0 unspecified atom stereocenters. The third-order valence-electron chi connectivity index (χ3n) is 3.95. The predicted octanol–water partition coefficient (Wildman–Crippen LogP) is 1.67. The molecule has 1 saturated heterocycles. The van der Waals surface area contributed by atoms with E-state index in [1.54, 1.807) is 0 Å². The lowest BCUT2D eigenvalue weighted by Crippen LogP contribution is -2.41. The number of hydrogen-bond donors (Lipinski definition) is 1. The van der Waals surface area contributed by atoms with Gasteiger partial charge >= 0.3 is 0 Å². The number of benzene rings is 1. The van der Waals surface area contributed by atoms with Gasteiger partial charge in [0, 0.05) is 19.1 Å². The lowest BCUT2D eigenvalue weighted by Gasteiger charge is -2.35. The van der Waals surface area contributed by atoms with Crippen molar-refractivity contribution in [2.45, 2.75) is 32.0 Å². The van der Waals surface area contributed by atoms with Gasteiger partial charge in [-0.15, -0.1) is 0 Å². The highest BCUT2D eigenvalue weighted by molar-refractivity contribution is 5.22. The van der Waals surface area contributed by atoms with Gasteiger partial charge in [0.2, 0.25) is 0 Å². The van der Waals surface area contributed by atoms with E-state index in [0.29, 0.717) is 6.54 Å². The summed E-state index contributed by atoms with van der Waals surface area (Å²) in [5, 5.41) is 0. The average Bonchev–Trinajstić information content (AvgIpc) is 2.40. The fraction of sp³-hybridized carbons (Fsp3) is 0.600. The molecule has 18 heavy (non-hydrogen) atoms. The number of nitrogens with zero attached hydrogens (tertiary/aromatic N) is 2. The first kappa shape index (κ1) is 13.5. The quantitative estimate of drug-likeness (QED) is 0.878. The Morgan fingerprint density at radius 3 is 2.17 bits per heavy atom. The van der Waals surface area contributed by atoms with Crippen LogP contribution in [0.25, 0.3) is 0 Å². The number of likely N-dealkylation sites (tertiary alicyclic amines) is 1. The molecule has 1 aromatic rings. The fourth-order valence-electron chi connectivity index (χ4n) is 2.63. The lowest BCUT2D eigenvalue weighted by molar-refractivity contribution is 0.140. The highest BCUT2D eigenvalue weighted by atomic mass is 15.2. The van der Waals surface area contributed by atoms with Gasteiger partial charge in [0.05, 0.1) is 0 Å². The molecule has 3 heteroatoms. The third kappa shape index (κ3) is 3.55. The van der Waals surface area contributed by atoms with E-state index in [1.807, 2.05) is 0 Å². The number of piperidine rings is 1. The normalized spacial score (nSPS) is 18.4. The molecule has 0 saturated carbocycles. The zero-order valence-corrected chi connectivity index (χ0v) is 11.6. The monoisotopic (exact) mass is 247 g/mol. The van der Waals surface area contributed by atoms with Gasteiger partial charge in [-0.25, -0.2) is 0 Å². The molecule has 0 amide bonds. The summed E-state index contributed by atoms with van der Waals surface area (Å²) in [6.45, 7) is 4.13. The second-order valence-corrected chi connectivity index (χ2v) is 5.49. The van der Waals surface area contributed by atoms with E-state index in [-0.39, 0.29) is 0 Å². The number of hydrogen-bond acceptors (Lipinski definition) is 3. The molecule has 0 aliphatic carbocycles. The smallest absolute Gasteiger partial charge is 0.0233 e. The SMILES string of the molecule is CN(C)C1CCN(Cc2ccc(CN)cc2)CC1. The molecule has 1 aliphatic heterocycles. The Labute approximate surface area is 111 Å². The maximum Gasteiger partial charge on any atom is 0.0233 e. The molecule has 100 valence electrons. The minimum atomic E-state index is 0.633. The van der Waals surface area contributed by atoms with E-state index < -0.39 is 0 Å². The molecule has 1 aromatic carbocycles. The van der Waals surface area contributed by atoms with Crippen LogP contribution in [-0.4, -0.2) is 43.0 Å². The van der Waals surface area contributed by atoms with Crippen LogP contribution in [0.1, 0.15) is 24.0 Å². The summed E-state index contributed by atoms with van der Waals surface area (Å²) in [5.41, 5.74) is 8.22.